The fourth-order valence-electron chi connectivity index (χ4n) is 5.14. The predicted molar refractivity (Wildman–Crippen MR) is 162 cm³/mol. The zero-order valence-corrected chi connectivity index (χ0v) is 26.3. The van der Waals surface area contributed by atoms with E-state index in [0.29, 0.717) is 11.8 Å². The largest absolute Gasteiger partial charge is 0.301 e. The minimum atomic E-state index is 0.645. The van der Waals surface area contributed by atoms with Gasteiger partial charge in [-0.15, -0.1) is 0 Å². The molecule has 2 aliphatic rings. The maximum atomic E-state index is 2.60. The molecule has 0 atom stereocenters. The van der Waals surface area contributed by atoms with Gasteiger partial charge in [-0.2, -0.15) is 0 Å². The zero-order valence-electron chi connectivity index (χ0n) is 26.3. The van der Waals surface area contributed by atoms with Crippen molar-refractivity contribution >= 4 is 0 Å². The second-order valence-corrected chi connectivity index (χ2v) is 12.9. The Morgan fingerprint density at radius 3 is 0.972 bits per heavy atom. The number of hydrogen-bond donors (Lipinski definition) is 0. The van der Waals surface area contributed by atoms with E-state index >= 15 is 0 Å². The second kappa shape index (κ2) is 16.8. The van der Waals surface area contributed by atoms with Crippen molar-refractivity contribution in [2.24, 2.45) is 11.8 Å². The number of benzene rings is 1. The monoisotopic (exact) mass is 502 g/mol. The summed E-state index contributed by atoms with van der Waals surface area (Å²) in [5, 5.41) is 0. The summed E-state index contributed by atoms with van der Waals surface area (Å²) in [4.78, 5) is 7.70. The summed E-state index contributed by atoms with van der Waals surface area (Å²) >= 11 is 0. The lowest BCUT2D eigenvalue weighted by molar-refractivity contribution is 0.0887. The van der Waals surface area contributed by atoms with Gasteiger partial charge in [0, 0.05) is 44.3 Å². The first-order valence-corrected chi connectivity index (χ1v) is 15.1. The zero-order chi connectivity index (χ0) is 27.4. The standard InChI is InChI=1S/C12H18.C11H23N.C10H22N2/c3*1-9(2)11-5-7-12(8-6-11)10(3)4/h5-10H,1-4H3;9-11H,5-8H2,1-4H3;9-10H,5-8H2,1-4H3. The molecule has 0 aromatic heterocycles. The fraction of sp³-hybridized carbons (Fsp3) is 0.818. The van der Waals surface area contributed by atoms with Gasteiger partial charge in [-0.1, -0.05) is 65.8 Å². The molecule has 0 saturated carbocycles. The van der Waals surface area contributed by atoms with E-state index in [1.54, 1.807) is 0 Å². The summed E-state index contributed by atoms with van der Waals surface area (Å²) in [6, 6.07) is 11.1. The molecule has 1 aromatic rings. The Morgan fingerprint density at radius 1 is 0.472 bits per heavy atom. The molecular formula is C33H63N3. The summed E-state index contributed by atoms with van der Waals surface area (Å²) in [5.41, 5.74) is 2.86. The van der Waals surface area contributed by atoms with Crippen molar-refractivity contribution in [1.82, 2.24) is 14.7 Å². The SMILES string of the molecule is CC(C)C1CCN(C(C)C)CC1.CC(C)N1CCN(C(C)C)CC1.CC(C)c1ccc(C(C)C)cc1. The Hall–Kier alpha value is -0.900. The van der Waals surface area contributed by atoms with Gasteiger partial charge in [0.05, 0.1) is 0 Å². The molecule has 3 nitrogen and oxygen atoms in total. The summed E-state index contributed by atoms with van der Waals surface area (Å²) in [6.07, 6.45) is 2.83. The third-order valence-corrected chi connectivity index (χ3v) is 8.33. The average Bonchev–Trinajstić information content (AvgIpc) is 2.84. The number of rotatable bonds is 6. The maximum Gasteiger partial charge on any atom is 0.0113 e. The van der Waals surface area contributed by atoms with Gasteiger partial charge >= 0.3 is 0 Å². The van der Waals surface area contributed by atoms with Crippen LogP contribution in [0.25, 0.3) is 0 Å². The highest BCUT2D eigenvalue weighted by atomic mass is 15.3. The van der Waals surface area contributed by atoms with Crippen molar-refractivity contribution in [2.75, 3.05) is 39.3 Å². The van der Waals surface area contributed by atoms with Crippen molar-refractivity contribution in [3.63, 3.8) is 0 Å². The van der Waals surface area contributed by atoms with Gasteiger partial charge < -0.3 is 4.90 Å². The molecule has 0 bridgehead atoms. The van der Waals surface area contributed by atoms with Gasteiger partial charge in [0.1, 0.15) is 0 Å². The van der Waals surface area contributed by atoms with Crippen LogP contribution < -0.4 is 0 Å². The Kier molecular flexibility index (Phi) is 15.5. The van der Waals surface area contributed by atoms with Gasteiger partial charge in [0.25, 0.3) is 0 Å². The Morgan fingerprint density at radius 2 is 0.750 bits per heavy atom. The number of piperazine rings is 1. The maximum absolute atomic E-state index is 2.60. The molecular weight excluding hydrogens is 438 g/mol. The van der Waals surface area contributed by atoms with E-state index in [1.165, 1.54) is 63.2 Å². The van der Waals surface area contributed by atoms with E-state index in [4.69, 9.17) is 0 Å². The lowest BCUT2D eigenvalue weighted by atomic mass is 9.86. The van der Waals surface area contributed by atoms with Crippen molar-refractivity contribution in [2.45, 2.75) is 126 Å². The Labute approximate surface area is 227 Å². The van der Waals surface area contributed by atoms with Crippen molar-refractivity contribution < 1.29 is 0 Å². The van der Waals surface area contributed by atoms with Gasteiger partial charge in [0.15, 0.2) is 0 Å². The quantitative estimate of drug-likeness (QED) is 0.390. The minimum Gasteiger partial charge on any atom is -0.301 e. The summed E-state index contributed by atoms with van der Waals surface area (Å²) in [5.74, 6) is 3.16. The third-order valence-electron chi connectivity index (χ3n) is 8.33. The molecule has 210 valence electrons. The molecule has 1 aromatic carbocycles. The van der Waals surface area contributed by atoms with E-state index < -0.39 is 0 Å². The van der Waals surface area contributed by atoms with Crippen molar-refractivity contribution in [1.29, 1.82) is 0 Å². The number of likely N-dealkylation sites (tertiary alicyclic amines) is 1. The van der Waals surface area contributed by atoms with E-state index in [-0.39, 0.29) is 0 Å². The van der Waals surface area contributed by atoms with Crippen molar-refractivity contribution in [3.8, 4) is 0 Å². The van der Waals surface area contributed by atoms with E-state index in [1.807, 2.05) is 0 Å². The lowest BCUT2D eigenvalue weighted by Crippen LogP contribution is -2.50. The normalized spacial score (nSPS) is 18.7. The summed E-state index contributed by atoms with van der Waals surface area (Å²) < 4.78 is 0. The summed E-state index contributed by atoms with van der Waals surface area (Å²) in [6.45, 7) is 35.0. The lowest BCUT2D eigenvalue weighted by Gasteiger charge is -2.38. The number of piperidine rings is 1. The molecule has 2 saturated heterocycles. The first-order chi connectivity index (χ1) is 16.8. The molecule has 0 unspecified atom stereocenters. The van der Waals surface area contributed by atoms with E-state index in [0.717, 1.165) is 30.0 Å². The predicted octanol–water partition coefficient (Wildman–Crippen LogP) is 8.12. The molecule has 0 spiro atoms. The Bertz CT molecular complexity index is 568. The highest BCUT2D eigenvalue weighted by Gasteiger charge is 2.22. The van der Waals surface area contributed by atoms with Crippen LogP contribution in [0.3, 0.4) is 0 Å². The van der Waals surface area contributed by atoms with Gasteiger partial charge in [-0.3, -0.25) is 9.80 Å². The molecule has 0 amide bonds. The molecule has 0 radical (unpaired) electrons. The van der Waals surface area contributed by atoms with Crippen LogP contribution in [0.4, 0.5) is 0 Å². The van der Waals surface area contributed by atoms with Crippen LogP contribution in [0.15, 0.2) is 24.3 Å². The molecule has 0 N–H and O–H groups in total. The van der Waals surface area contributed by atoms with E-state index in [9.17, 15) is 0 Å². The number of hydrogen-bond acceptors (Lipinski definition) is 3. The van der Waals surface area contributed by atoms with Crippen LogP contribution in [0.2, 0.25) is 0 Å². The van der Waals surface area contributed by atoms with Gasteiger partial charge in [-0.25, -0.2) is 0 Å². The van der Waals surface area contributed by atoms with Crippen LogP contribution in [-0.4, -0.2) is 72.1 Å². The van der Waals surface area contributed by atoms with Crippen LogP contribution >= 0.6 is 0 Å². The first-order valence-electron chi connectivity index (χ1n) is 15.1. The topological polar surface area (TPSA) is 9.72 Å². The highest BCUT2D eigenvalue weighted by molar-refractivity contribution is 5.26. The van der Waals surface area contributed by atoms with Gasteiger partial charge in [0.2, 0.25) is 0 Å². The third kappa shape index (κ3) is 12.1. The Balaban J connectivity index is 0.000000270. The molecule has 0 aliphatic carbocycles. The molecule has 2 fully saturated rings. The molecule has 3 heteroatoms. The smallest absolute Gasteiger partial charge is 0.0113 e. The highest BCUT2D eigenvalue weighted by Crippen LogP contribution is 2.25. The summed E-state index contributed by atoms with van der Waals surface area (Å²) in [7, 11) is 0. The number of nitrogens with zero attached hydrogens (tertiary/aromatic N) is 3. The van der Waals surface area contributed by atoms with Crippen molar-refractivity contribution in [3.05, 3.63) is 35.4 Å². The van der Waals surface area contributed by atoms with Crippen LogP contribution in [0.1, 0.15) is 119 Å². The molecule has 36 heavy (non-hydrogen) atoms. The molecule has 2 heterocycles. The average molecular weight is 502 g/mol. The van der Waals surface area contributed by atoms with Crippen LogP contribution in [0, 0.1) is 11.8 Å². The van der Waals surface area contributed by atoms with Crippen LogP contribution in [-0.2, 0) is 0 Å². The fourth-order valence-corrected chi connectivity index (χ4v) is 5.14. The first kappa shape index (κ1) is 33.1. The van der Waals surface area contributed by atoms with E-state index in [2.05, 4.69) is 122 Å². The minimum absolute atomic E-state index is 0.645. The molecule has 2 aliphatic heterocycles. The van der Waals surface area contributed by atoms with Crippen LogP contribution in [0.5, 0.6) is 0 Å². The second-order valence-electron chi connectivity index (χ2n) is 12.9. The molecule has 3 rings (SSSR count). The van der Waals surface area contributed by atoms with Gasteiger partial charge in [-0.05, 0) is 102 Å².